The molecular weight excluding hydrogens is 389 g/mol. The van der Waals surface area contributed by atoms with Crippen LogP contribution < -0.4 is 5.56 Å². The Morgan fingerprint density at radius 1 is 1.20 bits per heavy atom. The molecule has 0 spiro atoms. The molecule has 0 radical (unpaired) electrons. The zero-order valence-corrected chi connectivity index (χ0v) is 16.7. The highest BCUT2D eigenvalue weighted by Gasteiger charge is 2.24. The number of nitrogens with zero attached hydrogens (tertiary/aromatic N) is 2. The first-order valence-electron chi connectivity index (χ1n) is 9.83. The molecule has 30 heavy (non-hydrogen) atoms. The highest BCUT2D eigenvalue weighted by molar-refractivity contribution is 6.01. The van der Waals surface area contributed by atoms with Crippen molar-refractivity contribution in [2.75, 3.05) is 19.7 Å². The lowest BCUT2D eigenvalue weighted by Gasteiger charge is -2.21. The molecule has 0 aliphatic rings. The van der Waals surface area contributed by atoms with Crippen molar-refractivity contribution in [3.63, 3.8) is 0 Å². The Bertz CT molecular complexity index is 1100. The average molecular weight is 413 g/mol. The number of pyridine rings is 2. The van der Waals surface area contributed by atoms with Crippen LogP contribution in [0.1, 0.15) is 41.3 Å². The van der Waals surface area contributed by atoms with E-state index < -0.39 is 17.2 Å². The van der Waals surface area contributed by atoms with Crippen molar-refractivity contribution in [2.45, 2.75) is 26.2 Å². The van der Waals surface area contributed by atoms with Gasteiger partial charge in [-0.1, -0.05) is 25.5 Å². The minimum atomic E-state index is -0.717. The third-order valence-corrected chi connectivity index (χ3v) is 4.85. The first-order chi connectivity index (χ1) is 14.4. The molecular formula is C22H24FN3O4. The number of benzene rings is 1. The molecule has 158 valence electrons. The lowest BCUT2D eigenvalue weighted by Crippen LogP contribution is -2.37. The molecule has 0 aliphatic carbocycles. The summed E-state index contributed by atoms with van der Waals surface area (Å²) < 4.78 is 13.1. The lowest BCUT2D eigenvalue weighted by molar-refractivity contribution is 0.0714. The van der Waals surface area contributed by atoms with Gasteiger partial charge in [0.05, 0.1) is 12.1 Å². The van der Waals surface area contributed by atoms with Gasteiger partial charge in [0.2, 0.25) is 0 Å². The highest BCUT2D eigenvalue weighted by Crippen LogP contribution is 2.25. The summed E-state index contributed by atoms with van der Waals surface area (Å²) in [6, 6.07) is 7.73. The van der Waals surface area contributed by atoms with Gasteiger partial charge in [-0.25, -0.2) is 4.39 Å². The van der Waals surface area contributed by atoms with Gasteiger partial charge in [-0.05, 0) is 42.2 Å². The Balaban J connectivity index is 1.95. The summed E-state index contributed by atoms with van der Waals surface area (Å²) in [6.07, 6.45) is 3.56. The number of rotatable bonds is 8. The third-order valence-electron chi connectivity index (χ3n) is 4.85. The van der Waals surface area contributed by atoms with Crippen molar-refractivity contribution < 1.29 is 19.4 Å². The van der Waals surface area contributed by atoms with Crippen molar-refractivity contribution in [3.8, 4) is 5.75 Å². The van der Waals surface area contributed by atoms with Crippen molar-refractivity contribution in [1.82, 2.24) is 14.9 Å². The van der Waals surface area contributed by atoms with Crippen LogP contribution in [0.4, 0.5) is 4.39 Å². The topological polar surface area (TPSA) is 107 Å². The van der Waals surface area contributed by atoms with Crippen LogP contribution in [-0.4, -0.2) is 50.7 Å². The first kappa shape index (κ1) is 21.4. The van der Waals surface area contributed by atoms with Crippen LogP contribution in [0.3, 0.4) is 0 Å². The molecule has 1 amide bonds. The number of carbonyl (C=O) groups excluding carboxylic acids is 1. The maximum absolute atomic E-state index is 13.1. The molecule has 1 aromatic carbocycles. The maximum atomic E-state index is 13.1. The van der Waals surface area contributed by atoms with Gasteiger partial charge in [-0.2, -0.15) is 0 Å². The van der Waals surface area contributed by atoms with E-state index >= 15 is 0 Å². The number of amides is 1. The smallest absolute Gasteiger partial charge is 0.265 e. The molecule has 0 bridgehead atoms. The monoisotopic (exact) mass is 413 g/mol. The zero-order valence-electron chi connectivity index (χ0n) is 16.7. The Hall–Kier alpha value is -3.26. The lowest BCUT2D eigenvalue weighted by atomic mass is 10.1. The number of aliphatic hydroxyl groups excluding tert-OH is 1. The summed E-state index contributed by atoms with van der Waals surface area (Å²) in [4.78, 5) is 33.6. The molecule has 2 heterocycles. The SMILES string of the molecule is CCCCN(CCO)C(=O)c1c(O)c2ncc(Cc3ccc(F)cc3)cc2[nH]c1=O. The number of unbranched alkanes of at least 4 members (excludes halogenated alkanes) is 1. The summed E-state index contributed by atoms with van der Waals surface area (Å²) in [6.45, 7) is 2.17. The van der Waals surface area contributed by atoms with E-state index in [9.17, 15) is 24.2 Å². The standard InChI is InChI=1S/C22H24FN3O4/c1-2-3-8-26(9-10-27)22(30)18-20(28)19-17(25-21(18)29)12-15(13-24-19)11-14-4-6-16(23)7-5-14/h4-7,12-13,27H,2-3,8-11H2,1H3,(H2,25,28,29). The number of halogens is 1. The average Bonchev–Trinajstić information content (AvgIpc) is 2.72. The third kappa shape index (κ3) is 4.65. The van der Waals surface area contributed by atoms with E-state index in [0.29, 0.717) is 24.9 Å². The Morgan fingerprint density at radius 3 is 2.60 bits per heavy atom. The quantitative estimate of drug-likeness (QED) is 0.526. The van der Waals surface area contributed by atoms with Gasteiger partial charge in [0.15, 0.2) is 5.75 Å². The number of nitrogens with one attached hydrogen (secondary N) is 1. The number of H-pyrrole nitrogens is 1. The van der Waals surface area contributed by atoms with E-state index in [-0.39, 0.29) is 30.0 Å². The predicted molar refractivity (Wildman–Crippen MR) is 111 cm³/mol. The van der Waals surface area contributed by atoms with E-state index in [1.807, 2.05) is 6.92 Å². The van der Waals surface area contributed by atoms with Crippen molar-refractivity contribution in [2.24, 2.45) is 0 Å². The molecule has 3 rings (SSSR count). The van der Waals surface area contributed by atoms with Crippen LogP contribution >= 0.6 is 0 Å². The van der Waals surface area contributed by atoms with E-state index in [4.69, 9.17) is 0 Å². The van der Waals surface area contributed by atoms with Gasteiger partial charge in [0, 0.05) is 19.3 Å². The molecule has 2 aromatic heterocycles. The second-order valence-corrected chi connectivity index (χ2v) is 7.09. The summed E-state index contributed by atoms with van der Waals surface area (Å²) in [5.41, 5.74) is 0.937. The maximum Gasteiger partial charge on any atom is 0.265 e. The number of aromatic hydroxyl groups is 1. The van der Waals surface area contributed by atoms with Crippen LogP contribution in [0.2, 0.25) is 0 Å². The summed E-state index contributed by atoms with van der Waals surface area (Å²) >= 11 is 0. The molecule has 7 nitrogen and oxygen atoms in total. The second kappa shape index (κ2) is 9.49. The Labute approximate surface area is 172 Å². The van der Waals surface area contributed by atoms with E-state index in [1.54, 1.807) is 24.4 Å². The van der Waals surface area contributed by atoms with Gasteiger partial charge in [0.1, 0.15) is 16.9 Å². The van der Waals surface area contributed by atoms with Crippen molar-refractivity contribution in [3.05, 3.63) is 69.4 Å². The van der Waals surface area contributed by atoms with E-state index in [0.717, 1.165) is 17.5 Å². The van der Waals surface area contributed by atoms with Crippen LogP contribution in [-0.2, 0) is 6.42 Å². The van der Waals surface area contributed by atoms with Crippen molar-refractivity contribution >= 4 is 16.9 Å². The number of carbonyl (C=O) groups is 1. The van der Waals surface area contributed by atoms with E-state index in [1.165, 1.54) is 17.0 Å². The molecule has 0 unspecified atom stereocenters. The fraction of sp³-hybridized carbons (Fsp3) is 0.318. The minimum Gasteiger partial charge on any atom is -0.505 e. The molecule has 0 saturated heterocycles. The number of aromatic nitrogens is 2. The second-order valence-electron chi connectivity index (χ2n) is 7.09. The van der Waals surface area contributed by atoms with Crippen LogP contribution in [0.15, 0.2) is 41.3 Å². The Morgan fingerprint density at radius 2 is 1.93 bits per heavy atom. The van der Waals surface area contributed by atoms with Gasteiger partial charge in [-0.3, -0.25) is 14.6 Å². The predicted octanol–water partition coefficient (Wildman–Crippen LogP) is 2.59. The summed E-state index contributed by atoms with van der Waals surface area (Å²) in [5, 5.41) is 19.9. The summed E-state index contributed by atoms with van der Waals surface area (Å²) in [7, 11) is 0. The van der Waals surface area contributed by atoms with Crippen LogP contribution in [0, 0.1) is 5.82 Å². The van der Waals surface area contributed by atoms with Crippen molar-refractivity contribution in [1.29, 1.82) is 0 Å². The number of aliphatic hydroxyl groups is 1. The number of aromatic amines is 1. The first-order valence-corrected chi connectivity index (χ1v) is 9.83. The normalized spacial score (nSPS) is 11.0. The molecule has 3 N–H and O–H groups in total. The molecule has 0 aliphatic heterocycles. The van der Waals surface area contributed by atoms with Crippen LogP contribution in [0.25, 0.3) is 11.0 Å². The Kier molecular flexibility index (Phi) is 6.79. The highest BCUT2D eigenvalue weighted by atomic mass is 19.1. The molecule has 8 heteroatoms. The molecule has 0 saturated carbocycles. The molecule has 0 atom stereocenters. The number of fused-ring (bicyclic) bond motifs is 1. The summed E-state index contributed by atoms with van der Waals surface area (Å²) in [5.74, 6) is -1.45. The fourth-order valence-electron chi connectivity index (χ4n) is 3.28. The minimum absolute atomic E-state index is 0.0692. The van der Waals surface area contributed by atoms with Gasteiger partial charge < -0.3 is 20.1 Å². The van der Waals surface area contributed by atoms with Gasteiger partial charge >= 0.3 is 0 Å². The van der Waals surface area contributed by atoms with Gasteiger partial charge in [0.25, 0.3) is 11.5 Å². The molecule has 3 aromatic rings. The van der Waals surface area contributed by atoms with E-state index in [2.05, 4.69) is 9.97 Å². The van der Waals surface area contributed by atoms with Crippen LogP contribution in [0.5, 0.6) is 5.75 Å². The number of hydrogen-bond acceptors (Lipinski definition) is 5. The largest absolute Gasteiger partial charge is 0.505 e. The molecule has 0 fully saturated rings. The zero-order chi connectivity index (χ0) is 21.7. The number of hydrogen-bond donors (Lipinski definition) is 3. The van der Waals surface area contributed by atoms with Gasteiger partial charge in [-0.15, -0.1) is 0 Å². The fourth-order valence-corrected chi connectivity index (χ4v) is 3.28.